The first-order chi connectivity index (χ1) is 7.61. The summed E-state index contributed by atoms with van der Waals surface area (Å²) in [7, 11) is 0. The second-order valence-electron chi connectivity index (χ2n) is 5.63. The highest BCUT2D eigenvalue weighted by Crippen LogP contribution is 2.66. The first-order valence-electron chi connectivity index (χ1n) is 5.84. The van der Waals surface area contributed by atoms with Crippen LogP contribution in [0.1, 0.15) is 13.3 Å². The lowest BCUT2D eigenvalue weighted by Gasteiger charge is -2.37. The number of hydrogen-bond acceptors (Lipinski definition) is 3. The third-order valence-electron chi connectivity index (χ3n) is 4.85. The van der Waals surface area contributed by atoms with Crippen LogP contribution in [0.4, 0.5) is 0 Å². The molecular weight excluding hydrogens is 224 g/mol. The molecule has 4 aliphatic heterocycles. The predicted octanol–water partition coefficient (Wildman–Crippen LogP) is 1.53. The number of carbonyl (C=O) groups is 1. The summed E-state index contributed by atoms with van der Waals surface area (Å²) < 4.78 is 5.88. The molecule has 16 heavy (non-hydrogen) atoms. The summed E-state index contributed by atoms with van der Waals surface area (Å²) in [5, 5.41) is 10.2. The Morgan fingerprint density at radius 2 is 2.12 bits per heavy atom. The zero-order valence-electron chi connectivity index (χ0n) is 9.00. The summed E-state index contributed by atoms with van der Waals surface area (Å²) in [6, 6.07) is 0. The number of carboxylic acid groups (broad SMARTS) is 1. The van der Waals surface area contributed by atoms with Crippen LogP contribution >= 0.6 is 11.8 Å². The average Bonchev–Trinajstić information content (AvgIpc) is 2.92. The fourth-order valence-corrected chi connectivity index (χ4v) is 6.42. The van der Waals surface area contributed by atoms with Crippen LogP contribution in [-0.4, -0.2) is 33.8 Å². The average molecular weight is 238 g/mol. The topological polar surface area (TPSA) is 46.5 Å². The van der Waals surface area contributed by atoms with Crippen LogP contribution in [0.15, 0.2) is 12.2 Å². The molecule has 86 valence electrons. The number of hydrogen-bond donors (Lipinski definition) is 1. The van der Waals surface area contributed by atoms with Gasteiger partial charge in [-0.15, -0.1) is 0 Å². The maximum atomic E-state index is 11.4. The molecule has 0 aliphatic carbocycles. The van der Waals surface area contributed by atoms with E-state index in [4.69, 9.17) is 4.74 Å². The van der Waals surface area contributed by atoms with Gasteiger partial charge in [-0.2, -0.15) is 11.8 Å². The molecule has 4 aliphatic rings. The van der Waals surface area contributed by atoms with Gasteiger partial charge in [0.15, 0.2) is 0 Å². The van der Waals surface area contributed by atoms with Crippen molar-refractivity contribution in [1.82, 2.24) is 0 Å². The molecule has 4 heterocycles. The zero-order valence-corrected chi connectivity index (χ0v) is 9.81. The molecule has 0 aromatic carbocycles. The quantitative estimate of drug-likeness (QED) is 0.704. The number of ether oxygens (including phenoxy) is 1. The molecule has 0 amide bonds. The largest absolute Gasteiger partial charge is 0.481 e. The molecule has 3 nitrogen and oxygen atoms in total. The van der Waals surface area contributed by atoms with Crippen molar-refractivity contribution in [2.75, 3.05) is 0 Å². The van der Waals surface area contributed by atoms with Crippen molar-refractivity contribution in [2.45, 2.75) is 36.1 Å². The van der Waals surface area contributed by atoms with E-state index in [1.54, 1.807) is 0 Å². The minimum absolute atomic E-state index is 0.191. The van der Waals surface area contributed by atoms with Gasteiger partial charge in [0, 0.05) is 22.3 Å². The van der Waals surface area contributed by atoms with Gasteiger partial charge in [-0.1, -0.05) is 12.2 Å². The lowest BCUT2D eigenvalue weighted by molar-refractivity contribution is -0.149. The van der Waals surface area contributed by atoms with Crippen LogP contribution < -0.4 is 0 Å². The van der Waals surface area contributed by atoms with E-state index in [1.165, 1.54) is 0 Å². The van der Waals surface area contributed by atoms with Crippen molar-refractivity contribution in [3.8, 4) is 0 Å². The summed E-state index contributed by atoms with van der Waals surface area (Å²) in [6.45, 7) is 1.92. The van der Waals surface area contributed by atoms with Crippen molar-refractivity contribution < 1.29 is 14.6 Å². The second kappa shape index (κ2) is 2.67. The molecule has 3 fully saturated rings. The van der Waals surface area contributed by atoms with Gasteiger partial charge in [0.25, 0.3) is 0 Å². The minimum atomic E-state index is -0.627. The van der Waals surface area contributed by atoms with E-state index in [2.05, 4.69) is 12.2 Å². The molecule has 4 rings (SSSR count). The van der Waals surface area contributed by atoms with Crippen molar-refractivity contribution in [1.29, 1.82) is 0 Å². The molecular formula is C12H14O3S. The van der Waals surface area contributed by atoms with Gasteiger partial charge in [-0.25, -0.2) is 0 Å². The highest BCUT2D eigenvalue weighted by Gasteiger charge is 2.68. The summed E-state index contributed by atoms with van der Waals surface area (Å²) in [5.41, 5.74) is -0.530. The van der Waals surface area contributed by atoms with Crippen LogP contribution in [0, 0.1) is 17.3 Å². The lowest BCUT2D eigenvalue weighted by atomic mass is 9.63. The second-order valence-corrected chi connectivity index (χ2v) is 7.01. The Morgan fingerprint density at radius 1 is 1.44 bits per heavy atom. The third-order valence-corrected chi connectivity index (χ3v) is 6.81. The molecule has 4 heteroatoms. The van der Waals surface area contributed by atoms with E-state index in [9.17, 15) is 9.90 Å². The highest BCUT2D eigenvalue weighted by atomic mass is 32.2. The highest BCUT2D eigenvalue weighted by molar-refractivity contribution is 8.01. The number of carboxylic acids is 1. The van der Waals surface area contributed by atoms with Crippen LogP contribution in [0.5, 0.6) is 0 Å². The normalized spacial score (nSPS) is 60.6. The summed E-state index contributed by atoms with van der Waals surface area (Å²) in [5.74, 6) is 0.398. The summed E-state index contributed by atoms with van der Waals surface area (Å²) in [4.78, 5) is 11.4. The van der Waals surface area contributed by atoms with Crippen molar-refractivity contribution in [3.05, 3.63) is 12.2 Å². The van der Waals surface area contributed by atoms with Gasteiger partial charge in [-0.05, 0) is 13.3 Å². The van der Waals surface area contributed by atoms with Crippen LogP contribution in [-0.2, 0) is 9.53 Å². The van der Waals surface area contributed by atoms with Crippen LogP contribution in [0.25, 0.3) is 0 Å². The van der Waals surface area contributed by atoms with Gasteiger partial charge < -0.3 is 9.84 Å². The Morgan fingerprint density at radius 3 is 2.81 bits per heavy atom. The van der Waals surface area contributed by atoms with Gasteiger partial charge in [0.1, 0.15) is 0 Å². The maximum absolute atomic E-state index is 11.4. The molecule has 0 aromatic rings. The van der Waals surface area contributed by atoms with E-state index in [0.717, 1.165) is 6.42 Å². The molecule has 7 unspecified atom stereocenters. The van der Waals surface area contributed by atoms with Crippen LogP contribution in [0.3, 0.4) is 0 Å². The molecule has 3 saturated heterocycles. The van der Waals surface area contributed by atoms with Gasteiger partial charge in [0.2, 0.25) is 0 Å². The van der Waals surface area contributed by atoms with E-state index < -0.39 is 11.4 Å². The van der Waals surface area contributed by atoms with Gasteiger partial charge in [-0.3, -0.25) is 4.79 Å². The van der Waals surface area contributed by atoms with Gasteiger partial charge >= 0.3 is 5.97 Å². The molecule has 7 atom stereocenters. The Balaban J connectivity index is 1.76. The monoisotopic (exact) mass is 238 g/mol. The van der Waals surface area contributed by atoms with Gasteiger partial charge in [0.05, 0.1) is 17.6 Å². The molecule has 0 spiro atoms. The van der Waals surface area contributed by atoms with E-state index in [0.29, 0.717) is 17.1 Å². The zero-order chi connectivity index (χ0) is 11.1. The molecule has 1 N–H and O–H groups in total. The van der Waals surface area contributed by atoms with E-state index in [1.807, 2.05) is 18.7 Å². The fourth-order valence-electron chi connectivity index (χ4n) is 4.07. The smallest absolute Gasteiger partial charge is 0.310 e. The number of fused-ring (bicyclic) bond motifs is 9. The Kier molecular flexibility index (Phi) is 1.59. The molecule has 0 saturated carbocycles. The van der Waals surface area contributed by atoms with E-state index >= 15 is 0 Å². The lowest BCUT2D eigenvalue weighted by Crippen LogP contribution is -2.47. The fraction of sp³-hybridized carbons (Fsp3) is 0.750. The van der Waals surface area contributed by atoms with Crippen molar-refractivity contribution in [2.24, 2.45) is 17.3 Å². The molecule has 0 radical (unpaired) electrons. The summed E-state index contributed by atoms with van der Waals surface area (Å²) in [6.07, 6.45) is 5.59. The maximum Gasteiger partial charge on any atom is 0.310 e. The first-order valence-corrected chi connectivity index (χ1v) is 6.78. The standard InChI is InChI=1S/C12H14O3S/c1-12(11(13)14)4-7-8-5-2-3-6(15-5)9(8)10(12)16-7/h2-3,5-10H,4H2,1H3,(H,13,14). The van der Waals surface area contributed by atoms with Crippen LogP contribution in [0.2, 0.25) is 0 Å². The Bertz CT molecular complexity index is 407. The first kappa shape index (κ1) is 9.54. The molecule has 4 bridgehead atoms. The minimum Gasteiger partial charge on any atom is -0.481 e. The number of aliphatic carboxylic acids is 1. The Hall–Kier alpha value is -0.480. The molecule has 0 aromatic heterocycles. The van der Waals surface area contributed by atoms with Crippen molar-refractivity contribution in [3.63, 3.8) is 0 Å². The Labute approximate surface area is 98.2 Å². The summed E-state index contributed by atoms with van der Waals surface area (Å²) >= 11 is 1.91. The SMILES string of the molecule is CC1(C(=O)O)CC2SC1C1C3C=CC(O3)C21. The number of rotatable bonds is 1. The third kappa shape index (κ3) is 0.864. The van der Waals surface area contributed by atoms with Crippen molar-refractivity contribution >= 4 is 17.7 Å². The predicted molar refractivity (Wildman–Crippen MR) is 60.3 cm³/mol. The number of thioether (sulfide) groups is 1. The van der Waals surface area contributed by atoms with E-state index in [-0.39, 0.29) is 17.5 Å².